The van der Waals surface area contributed by atoms with Gasteiger partial charge in [0, 0.05) is 0 Å². The van der Waals surface area contributed by atoms with Gasteiger partial charge in [-0.3, -0.25) is 4.98 Å². The topological polar surface area (TPSA) is 33.1 Å². The van der Waals surface area contributed by atoms with Gasteiger partial charge in [-0.05, 0) is 37.8 Å². The first-order valence-corrected chi connectivity index (χ1v) is 4.90. The summed E-state index contributed by atoms with van der Waals surface area (Å²) in [6.07, 6.45) is 2.44. The molecule has 1 aliphatic carbocycles. The van der Waals surface area contributed by atoms with Crippen LogP contribution in [0.15, 0.2) is 6.07 Å². The first kappa shape index (κ1) is 8.97. The van der Waals surface area contributed by atoms with Crippen molar-refractivity contribution in [2.24, 2.45) is 0 Å². The molecule has 2 nitrogen and oxygen atoms in total. The quantitative estimate of drug-likeness (QED) is 0.693. The minimum absolute atomic E-state index is 0.389. The van der Waals surface area contributed by atoms with Gasteiger partial charge >= 0.3 is 0 Å². The van der Waals surface area contributed by atoms with E-state index in [1.807, 2.05) is 13.0 Å². The lowest BCUT2D eigenvalue weighted by molar-refractivity contribution is 0.151. The van der Waals surface area contributed by atoms with Crippen LogP contribution in [-0.2, 0) is 6.42 Å². The molecule has 2 rings (SSSR count). The Morgan fingerprint density at radius 3 is 3.15 bits per heavy atom. The lowest BCUT2D eigenvalue weighted by Crippen LogP contribution is -2.12. The Morgan fingerprint density at radius 2 is 2.38 bits per heavy atom. The normalized spacial score (nSPS) is 21.3. The summed E-state index contributed by atoms with van der Waals surface area (Å²) in [5.74, 6) is 0. The van der Waals surface area contributed by atoms with Crippen LogP contribution in [0.3, 0.4) is 0 Å². The number of pyridine rings is 1. The van der Waals surface area contributed by atoms with Gasteiger partial charge in [0.15, 0.2) is 0 Å². The zero-order chi connectivity index (χ0) is 9.42. The number of hydrogen-bond acceptors (Lipinski definition) is 2. The van der Waals surface area contributed by atoms with Gasteiger partial charge < -0.3 is 5.11 Å². The maximum absolute atomic E-state index is 9.67. The molecule has 0 saturated heterocycles. The molecular weight excluding hydrogens is 186 g/mol. The number of aliphatic hydroxyl groups excluding tert-OH is 1. The molecule has 13 heavy (non-hydrogen) atoms. The number of aliphatic hydroxyl groups is 1. The number of hydrogen-bond donors (Lipinski definition) is 1. The number of fused-ring (bicyclic) bond motifs is 1. The highest BCUT2D eigenvalue weighted by Crippen LogP contribution is 2.30. The third kappa shape index (κ3) is 1.56. The standard InChI is InChI=1S/C10H12ClNO/c1-6-8(11)5-7-3-2-4-9(13)10(7)12-6/h5,9,13H,2-4H2,1H3. The van der Waals surface area contributed by atoms with Crippen molar-refractivity contribution in [1.29, 1.82) is 0 Å². The van der Waals surface area contributed by atoms with E-state index in [1.165, 1.54) is 0 Å². The summed E-state index contributed by atoms with van der Waals surface area (Å²) in [4.78, 5) is 4.31. The molecule has 0 fully saturated rings. The monoisotopic (exact) mass is 197 g/mol. The number of aromatic nitrogens is 1. The SMILES string of the molecule is Cc1nc2c(cc1Cl)CCCC2O. The Kier molecular flexibility index (Phi) is 2.26. The first-order chi connectivity index (χ1) is 6.18. The molecule has 0 aliphatic heterocycles. The number of nitrogens with zero attached hydrogens (tertiary/aromatic N) is 1. The van der Waals surface area contributed by atoms with E-state index in [9.17, 15) is 5.11 Å². The van der Waals surface area contributed by atoms with Crippen LogP contribution < -0.4 is 0 Å². The van der Waals surface area contributed by atoms with Crippen molar-refractivity contribution in [3.8, 4) is 0 Å². The molecular formula is C10H12ClNO. The minimum atomic E-state index is -0.389. The van der Waals surface area contributed by atoms with Gasteiger partial charge in [-0.2, -0.15) is 0 Å². The molecule has 1 N–H and O–H groups in total. The largest absolute Gasteiger partial charge is 0.387 e. The zero-order valence-corrected chi connectivity index (χ0v) is 8.30. The molecule has 1 aliphatic rings. The van der Waals surface area contributed by atoms with Gasteiger partial charge in [0.2, 0.25) is 0 Å². The fourth-order valence-corrected chi connectivity index (χ4v) is 1.92. The lowest BCUT2D eigenvalue weighted by atomic mass is 9.93. The third-order valence-electron chi connectivity index (χ3n) is 2.50. The average Bonchev–Trinajstić information content (AvgIpc) is 2.09. The molecule has 3 heteroatoms. The number of halogens is 1. The van der Waals surface area contributed by atoms with E-state index in [4.69, 9.17) is 11.6 Å². The predicted molar refractivity (Wildman–Crippen MR) is 51.9 cm³/mol. The molecule has 0 bridgehead atoms. The van der Waals surface area contributed by atoms with E-state index >= 15 is 0 Å². The second kappa shape index (κ2) is 3.28. The number of aryl methyl sites for hydroxylation is 2. The summed E-state index contributed by atoms with van der Waals surface area (Å²) in [6, 6.07) is 1.93. The molecule has 0 spiro atoms. The van der Waals surface area contributed by atoms with Crippen LogP contribution in [-0.4, -0.2) is 10.1 Å². The molecule has 70 valence electrons. The first-order valence-electron chi connectivity index (χ1n) is 4.52. The Balaban J connectivity index is 2.52. The van der Waals surface area contributed by atoms with Crippen molar-refractivity contribution in [1.82, 2.24) is 4.98 Å². The highest BCUT2D eigenvalue weighted by atomic mass is 35.5. The van der Waals surface area contributed by atoms with E-state index in [2.05, 4.69) is 4.98 Å². The van der Waals surface area contributed by atoms with E-state index in [0.717, 1.165) is 36.2 Å². The summed E-state index contributed by atoms with van der Waals surface area (Å²) in [7, 11) is 0. The summed E-state index contributed by atoms with van der Waals surface area (Å²) < 4.78 is 0. The summed E-state index contributed by atoms with van der Waals surface area (Å²) >= 11 is 5.95. The molecule has 1 aromatic rings. The molecule has 1 heterocycles. The van der Waals surface area contributed by atoms with Crippen molar-refractivity contribution in [2.75, 3.05) is 0 Å². The smallest absolute Gasteiger partial charge is 0.0962 e. The van der Waals surface area contributed by atoms with Crippen LogP contribution >= 0.6 is 11.6 Å². The van der Waals surface area contributed by atoms with Crippen LogP contribution in [0.25, 0.3) is 0 Å². The zero-order valence-electron chi connectivity index (χ0n) is 7.55. The number of rotatable bonds is 0. The maximum atomic E-state index is 9.67. The molecule has 0 radical (unpaired) electrons. The highest BCUT2D eigenvalue weighted by molar-refractivity contribution is 6.31. The Bertz CT molecular complexity index is 338. The highest BCUT2D eigenvalue weighted by Gasteiger charge is 2.20. The molecule has 0 saturated carbocycles. The second-order valence-corrected chi connectivity index (χ2v) is 3.92. The minimum Gasteiger partial charge on any atom is -0.387 e. The van der Waals surface area contributed by atoms with E-state index in [0.29, 0.717) is 5.02 Å². The van der Waals surface area contributed by atoms with Crippen molar-refractivity contribution < 1.29 is 5.11 Å². The fraction of sp³-hybridized carbons (Fsp3) is 0.500. The van der Waals surface area contributed by atoms with Gasteiger partial charge in [0.25, 0.3) is 0 Å². The van der Waals surface area contributed by atoms with E-state index in [-0.39, 0.29) is 6.10 Å². The maximum Gasteiger partial charge on any atom is 0.0962 e. The molecule has 1 unspecified atom stereocenters. The van der Waals surface area contributed by atoms with Crippen molar-refractivity contribution in [3.05, 3.63) is 28.0 Å². The summed E-state index contributed by atoms with van der Waals surface area (Å²) in [5.41, 5.74) is 2.74. The van der Waals surface area contributed by atoms with E-state index < -0.39 is 0 Å². The Morgan fingerprint density at radius 1 is 1.62 bits per heavy atom. The average molecular weight is 198 g/mol. The lowest BCUT2D eigenvalue weighted by Gasteiger charge is -2.20. The van der Waals surface area contributed by atoms with Crippen LogP contribution in [0.2, 0.25) is 5.02 Å². The Labute approximate surface area is 82.6 Å². The fourth-order valence-electron chi connectivity index (χ4n) is 1.75. The van der Waals surface area contributed by atoms with Crippen molar-refractivity contribution in [3.63, 3.8) is 0 Å². The van der Waals surface area contributed by atoms with Crippen LogP contribution in [0.5, 0.6) is 0 Å². The van der Waals surface area contributed by atoms with Crippen molar-refractivity contribution in [2.45, 2.75) is 32.3 Å². The summed E-state index contributed by atoms with van der Waals surface area (Å²) in [6.45, 7) is 1.87. The third-order valence-corrected chi connectivity index (χ3v) is 2.89. The van der Waals surface area contributed by atoms with E-state index in [1.54, 1.807) is 0 Å². The summed E-state index contributed by atoms with van der Waals surface area (Å²) in [5, 5.41) is 10.4. The van der Waals surface area contributed by atoms with Gasteiger partial charge in [-0.1, -0.05) is 11.6 Å². The van der Waals surface area contributed by atoms with Gasteiger partial charge in [-0.25, -0.2) is 0 Å². The van der Waals surface area contributed by atoms with Crippen LogP contribution in [0.4, 0.5) is 0 Å². The van der Waals surface area contributed by atoms with Crippen LogP contribution in [0, 0.1) is 6.92 Å². The van der Waals surface area contributed by atoms with Gasteiger partial charge in [0.05, 0.1) is 22.5 Å². The van der Waals surface area contributed by atoms with Gasteiger partial charge in [-0.15, -0.1) is 0 Å². The van der Waals surface area contributed by atoms with Crippen LogP contribution in [0.1, 0.15) is 35.9 Å². The second-order valence-electron chi connectivity index (χ2n) is 3.51. The predicted octanol–water partition coefficient (Wildman–Crippen LogP) is 2.41. The van der Waals surface area contributed by atoms with Crippen molar-refractivity contribution >= 4 is 11.6 Å². The molecule has 1 aromatic heterocycles. The molecule has 0 aromatic carbocycles. The Hall–Kier alpha value is -0.600. The van der Waals surface area contributed by atoms with Gasteiger partial charge in [0.1, 0.15) is 0 Å². The molecule has 1 atom stereocenters. The molecule has 0 amide bonds.